The summed E-state index contributed by atoms with van der Waals surface area (Å²) in [6.07, 6.45) is 0. The molecule has 0 spiro atoms. The summed E-state index contributed by atoms with van der Waals surface area (Å²) in [5.41, 5.74) is 5.41. The summed E-state index contributed by atoms with van der Waals surface area (Å²) in [5.74, 6) is 1.98. The first kappa shape index (κ1) is 13.5. The van der Waals surface area contributed by atoms with Crippen LogP contribution in [0.4, 0.5) is 0 Å². The van der Waals surface area contributed by atoms with Crippen molar-refractivity contribution in [2.75, 3.05) is 20.2 Å². The highest BCUT2D eigenvalue weighted by atomic mass is 16.5. The molecule has 102 valence electrons. The van der Waals surface area contributed by atoms with Gasteiger partial charge < -0.3 is 15.0 Å². The van der Waals surface area contributed by atoms with E-state index in [0.29, 0.717) is 24.9 Å². The van der Waals surface area contributed by atoms with E-state index < -0.39 is 0 Å². The summed E-state index contributed by atoms with van der Waals surface area (Å²) in [5, 5.41) is 3.84. The number of nitrogens with zero attached hydrogens (tertiary/aromatic N) is 3. The summed E-state index contributed by atoms with van der Waals surface area (Å²) in [6.45, 7) is 2.28. The van der Waals surface area contributed by atoms with Crippen molar-refractivity contribution in [2.45, 2.75) is 13.1 Å². The molecule has 0 aliphatic heterocycles. The number of benzene rings is 1. The van der Waals surface area contributed by atoms with Crippen molar-refractivity contribution in [3.63, 3.8) is 0 Å². The third kappa shape index (κ3) is 4.35. The molecule has 1 aromatic carbocycles. The standard InChI is InChI=1S/C13H18N4O2/c1-17(10-12-15-13(9-14)19-16-12)7-8-18-11-5-3-2-4-6-11/h2-6H,7-10,14H2,1H3. The Balaban J connectivity index is 1.71. The predicted octanol–water partition coefficient (Wildman–Crippen LogP) is 1.04. The van der Waals surface area contributed by atoms with Crippen LogP contribution >= 0.6 is 0 Å². The number of nitrogens with two attached hydrogens (primary N) is 1. The second-order valence-corrected chi connectivity index (χ2v) is 4.21. The van der Waals surface area contributed by atoms with Gasteiger partial charge >= 0.3 is 0 Å². The van der Waals surface area contributed by atoms with E-state index >= 15 is 0 Å². The van der Waals surface area contributed by atoms with E-state index in [4.69, 9.17) is 15.0 Å². The molecule has 1 heterocycles. The highest BCUT2D eigenvalue weighted by Crippen LogP contribution is 2.08. The molecule has 2 rings (SSSR count). The van der Waals surface area contributed by atoms with Gasteiger partial charge in [-0.3, -0.25) is 4.90 Å². The molecule has 0 bridgehead atoms. The van der Waals surface area contributed by atoms with Crippen LogP contribution in [0, 0.1) is 0 Å². The molecule has 19 heavy (non-hydrogen) atoms. The smallest absolute Gasteiger partial charge is 0.240 e. The number of ether oxygens (including phenoxy) is 1. The lowest BCUT2D eigenvalue weighted by Crippen LogP contribution is -2.24. The maximum absolute atomic E-state index is 5.61. The highest BCUT2D eigenvalue weighted by molar-refractivity contribution is 5.20. The van der Waals surface area contributed by atoms with Gasteiger partial charge in [-0.1, -0.05) is 23.4 Å². The van der Waals surface area contributed by atoms with Gasteiger partial charge in [0.05, 0.1) is 13.1 Å². The Labute approximate surface area is 112 Å². The SMILES string of the molecule is CN(CCOc1ccccc1)Cc1noc(CN)n1. The van der Waals surface area contributed by atoms with Gasteiger partial charge in [-0.05, 0) is 19.2 Å². The van der Waals surface area contributed by atoms with Crippen molar-refractivity contribution in [3.05, 3.63) is 42.0 Å². The quantitative estimate of drug-likeness (QED) is 0.803. The molecule has 0 fully saturated rings. The van der Waals surface area contributed by atoms with Crippen LogP contribution in [-0.2, 0) is 13.1 Å². The zero-order valence-electron chi connectivity index (χ0n) is 11.0. The minimum atomic E-state index is 0.272. The summed E-state index contributed by atoms with van der Waals surface area (Å²) >= 11 is 0. The monoisotopic (exact) mass is 262 g/mol. The lowest BCUT2D eigenvalue weighted by Gasteiger charge is -2.14. The highest BCUT2D eigenvalue weighted by Gasteiger charge is 2.07. The molecule has 6 nitrogen and oxygen atoms in total. The van der Waals surface area contributed by atoms with Crippen LogP contribution in [0.25, 0.3) is 0 Å². The fraction of sp³-hybridized carbons (Fsp3) is 0.385. The number of aromatic nitrogens is 2. The molecule has 6 heteroatoms. The minimum Gasteiger partial charge on any atom is -0.492 e. The first-order valence-corrected chi connectivity index (χ1v) is 6.16. The van der Waals surface area contributed by atoms with E-state index in [-0.39, 0.29) is 6.54 Å². The average molecular weight is 262 g/mol. The lowest BCUT2D eigenvalue weighted by atomic mass is 10.3. The van der Waals surface area contributed by atoms with E-state index in [0.717, 1.165) is 12.3 Å². The molecule has 0 unspecified atom stereocenters. The number of hydrogen-bond acceptors (Lipinski definition) is 6. The maximum atomic E-state index is 5.61. The summed E-state index contributed by atoms with van der Waals surface area (Å²) < 4.78 is 10.6. The Morgan fingerprint density at radius 3 is 2.79 bits per heavy atom. The topological polar surface area (TPSA) is 77.4 Å². The fourth-order valence-electron chi connectivity index (χ4n) is 1.59. The van der Waals surface area contributed by atoms with Crippen molar-refractivity contribution in [2.24, 2.45) is 5.73 Å². The molecular formula is C13H18N4O2. The summed E-state index contributed by atoms with van der Waals surface area (Å²) in [4.78, 5) is 6.21. The molecule has 0 radical (unpaired) electrons. The van der Waals surface area contributed by atoms with Crippen molar-refractivity contribution in [1.29, 1.82) is 0 Å². The molecule has 2 N–H and O–H groups in total. The molecule has 0 aliphatic rings. The molecular weight excluding hydrogens is 244 g/mol. The first-order chi connectivity index (χ1) is 9.28. The molecule has 0 aliphatic carbocycles. The Morgan fingerprint density at radius 2 is 2.11 bits per heavy atom. The Hall–Kier alpha value is -1.92. The van der Waals surface area contributed by atoms with Crippen molar-refractivity contribution < 1.29 is 9.26 Å². The number of rotatable bonds is 7. The largest absolute Gasteiger partial charge is 0.492 e. The van der Waals surface area contributed by atoms with Crippen LogP contribution in [0.15, 0.2) is 34.9 Å². The Kier molecular flexibility index (Phi) is 4.88. The molecule has 2 aromatic rings. The summed E-state index contributed by atoms with van der Waals surface area (Å²) in [7, 11) is 1.98. The Morgan fingerprint density at radius 1 is 1.32 bits per heavy atom. The normalized spacial score (nSPS) is 10.9. The molecule has 0 atom stereocenters. The van der Waals surface area contributed by atoms with Gasteiger partial charge in [0.15, 0.2) is 5.82 Å². The lowest BCUT2D eigenvalue weighted by molar-refractivity contribution is 0.227. The second kappa shape index (κ2) is 6.86. The zero-order valence-corrected chi connectivity index (χ0v) is 11.0. The van der Waals surface area contributed by atoms with Crippen molar-refractivity contribution in [3.8, 4) is 5.75 Å². The zero-order chi connectivity index (χ0) is 13.5. The van der Waals surface area contributed by atoms with E-state index in [9.17, 15) is 0 Å². The number of hydrogen-bond donors (Lipinski definition) is 1. The van der Waals surface area contributed by atoms with E-state index in [1.165, 1.54) is 0 Å². The van der Waals surface area contributed by atoms with E-state index in [1.807, 2.05) is 37.4 Å². The van der Waals surface area contributed by atoms with E-state index in [2.05, 4.69) is 15.0 Å². The van der Waals surface area contributed by atoms with Gasteiger partial charge in [-0.15, -0.1) is 0 Å². The van der Waals surface area contributed by atoms with Crippen molar-refractivity contribution in [1.82, 2.24) is 15.0 Å². The maximum Gasteiger partial charge on any atom is 0.240 e. The van der Waals surface area contributed by atoms with Crippen LogP contribution in [0.2, 0.25) is 0 Å². The third-order valence-electron chi connectivity index (χ3n) is 2.58. The average Bonchev–Trinajstić information content (AvgIpc) is 2.87. The van der Waals surface area contributed by atoms with Gasteiger partial charge in [-0.2, -0.15) is 4.98 Å². The van der Waals surface area contributed by atoms with Crippen molar-refractivity contribution >= 4 is 0 Å². The van der Waals surface area contributed by atoms with Crippen LogP contribution in [0.1, 0.15) is 11.7 Å². The van der Waals surface area contributed by atoms with Crippen LogP contribution in [-0.4, -0.2) is 35.2 Å². The molecule has 1 aromatic heterocycles. The van der Waals surface area contributed by atoms with E-state index in [1.54, 1.807) is 0 Å². The fourth-order valence-corrected chi connectivity index (χ4v) is 1.59. The Bertz CT molecular complexity index is 486. The number of likely N-dealkylation sites (N-methyl/N-ethyl adjacent to an activating group) is 1. The third-order valence-corrected chi connectivity index (χ3v) is 2.58. The molecule has 0 amide bonds. The van der Waals surface area contributed by atoms with Gasteiger partial charge in [0.2, 0.25) is 5.89 Å². The predicted molar refractivity (Wildman–Crippen MR) is 70.5 cm³/mol. The van der Waals surface area contributed by atoms with Gasteiger partial charge in [-0.25, -0.2) is 0 Å². The minimum absolute atomic E-state index is 0.272. The van der Waals surface area contributed by atoms with Crippen LogP contribution < -0.4 is 10.5 Å². The van der Waals surface area contributed by atoms with Crippen LogP contribution in [0.3, 0.4) is 0 Å². The number of para-hydroxylation sites is 1. The van der Waals surface area contributed by atoms with Crippen LogP contribution in [0.5, 0.6) is 5.75 Å². The first-order valence-electron chi connectivity index (χ1n) is 6.16. The summed E-state index contributed by atoms with van der Waals surface area (Å²) in [6, 6.07) is 9.74. The molecule has 0 saturated carbocycles. The van der Waals surface area contributed by atoms with Gasteiger partial charge in [0, 0.05) is 6.54 Å². The van der Waals surface area contributed by atoms with Gasteiger partial charge in [0.25, 0.3) is 0 Å². The molecule has 0 saturated heterocycles. The second-order valence-electron chi connectivity index (χ2n) is 4.21. The van der Waals surface area contributed by atoms with Gasteiger partial charge in [0.1, 0.15) is 12.4 Å².